The Balaban J connectivity index is 1.50. The number of ether oxygens (including phenoxy) is 1. The number of aromatic nitrogens is 6. The van der Waals surface area contributed by atoms with Crippen LogP contribution in [0.4, 0.5) is 4.39 Å². The van der Waals surface area contributed by atoms with Crippen molar-refractivity contribution in [2.75, 3.05) is 6.86 Å². The monoisotopic (exact) mass is 366 g/mol. The zero-order valence-electron chi connectivity index (χ0n) is 15.3. The fraction of sp³-hybridized carbons (Fsp3) is 0.368. The number of imidazole rings is 1. The Morgan fingerprint density at radius 1 is 1.22 bits per heavy atom. The number of hydrogen-bond donors (Lipinski definition) is 0. The lowest BCUT2D eigenvalue weighted by atomic mass is 10.2. The third kappa shape index (κ3) is 2.47. The second-order valence-electron chi connectivity index (χ2n) is 7.07. The minimum absolute atomic E-state index is 0.258. The summed E-state index contributed by atoms with van der Waals surface area (Å²) in [6.07, 6.45) is 4.65. The summed E-state index contributed by atoms with van der Waals surface area (Å²) in [5.41, 5.74) is 5.55. The highest BCUT2D eigenvalue weighted by Crippen LogP contribution is 2.54. The molecule has 1 aliphatic rings. The lowest BCUT2D eigenvalue weighted by molar-refractivity contribution is 0.192. The van der Waals surface area contributed by atoms with E-state index >= 15 is 0 Å². The lowest BCUT2D eigenvalue weighted by Crippen LogP contribution is -1.97. The molecular formula is C19H19FN6O. The molecule has 1 saturated carbocycles. The van der Waals surface area contributed by atoms with E-state index in [4.69, 9.17) is 19.8 Å². The SMILES string of the molecule is Cc1ncc(C)n2nc(C3CC3c3nc4cc(OCF)ccn4c3C)nc12. The quantitative estimate of drug-likeness (QED) is 0.554. The van der Waals surface area contributed by atoms with Crippen LogP contribution in [-0.2, 0) is 0 Å². The zero-order valence-corrected chi connectivity index (χ0v) is 15.3. The van der Waals surface area contributed by atoms with E-state index in [1.54, 1.807) is 12.1 Å². The van der Waals surface area contributed by atoms with Crippen LogP contribution in [-0.4, -0.2) is 35.8 Å². The standard InChI is InChI=1S/C19H19FN6O/c1-10-8-21-11(2)19-23-18(24-26(10)19)15-7-14(15)17-12(3)25-5-4-13(27-9-20)6-16(25)22-17/h4-6,8,14-15H,7,9H2,1-3H3. The molecule has 4 heterocycles. The minimum Gasteiger partial charge on any atom is -0.463 e. The van der Waals surface area contributed by atoms with Gasteiger partial charge in [-0.2, -0.15) is 5.10 Å². The van der Waals surface area contributed by atoms with E-state index in [0.29, 0.717) is 11.7 Å². The molecule has 0 aliphatic heterocycles. The number of nitrogens with zero attached hydrogens (tertiary/aromatic N) is 6. The van der Waals surface area contributed by atoms with Gasteiger partial charge in [0.15, 0.2) is 11.5 Å². The van der Waals surface area contributed by atoms with Gasteiger partial charge in [0.05, 0.1) is 17.1 Å². The van der Waals surface area contributed by atoms with Crippen LogP contribution in [0.3, 0.4) is 0 Å². The molecule has 0 saturated heterocycles. The van der Waals surface area contributed by atoms with Crippen molar-refractivity contribution in [2.45, 2.75) is 39.0 Å². The summed E-state index contributed by atoms with van der Waals surface area (Å²) in [5, 5.41) is 4.70. The summed E-state index contributed by atoms with van der Waals surface area (Å²) < 4.78 is 21.2. The van der Waals surface area contributed by atoms with Crippen LogP contribution in [0.25, 0.3) is 11.3 Å². The molecule has 2 unspecified atom stereocenters. The molecule has 27 heavy (non-hydrogen) atoms. The predicted molar refractivity (Wildman–Crippen MR) is 96.9 cm³/mol. The van der Waals surface area contributed by atoms with Gasteiger partial charge >= 0.3 is 0 Å². The van der Waals surface area contributed by atoms with Gasteiger partial charge in [-0.25, -0.2) is 18.9 Å². The molecule has 0 N–H and O–H groups in total. The number of aryl methyl sites for hydroxylation is 3. The van der Waals surface area contributed by atoms with Crippen molar-refractivity contribution in [1.82, 2.24) is 29.0 Å². The van der Waals surface area contributed by atoms with Crippen LogP contribution in [0.5, 0.6) is 5.75 Å². The smallest absolute Gasteiger partial charge is 0.228 e. The largest absolute Gasteiger partial charge is 0.463 e. The molecular weight excluding hydrogens is 347 g/mol. The Kier molecular flexibility index (Phi) is 3.43. The van der Waals surface area contributed by atoms with E-state index in [2.05, 4.69) is 11.9 Å². The first-order valence-corrected chi connectivity index (χ1v) is 8.93. The third-order valence-corrected chi connectivity index (χ3v) is 5.29. The minimum atomic E-state index is -0.847. The summed E-state index contributed by atoms with van der Waals surface area (Å²) >= 11 is 0. The maximum Gasteiger partial charge on any atom is 0.228 e. The van der Waals surface area contributed by atoms with Crippen molar-refractivity contribution in [2.24, 2.45) is 0 Å². The molecule has 1 aliphatic carbocycles. The van der Waals surface area contributed by atoms with Crippen LogP contribution < -0.4 is 4.74 Å². The van der Waals surface area contributed by atoms with Gasteiger partial charge in [-0.3, -0.25) is 4.98 Å². The molecule has 1 fully saturated rings. The third-order valence-electron chi connectivity index (χ3n) is 5.29. The van der Waals surface area contributed by atoms with Crippen molar-refractivity contribution < 1.29 is 9.13 Å². The van der Waals surface area contributed by atoms with Gasteiger partial charge in [-0.05, 0) is 33.3 Å². The molecule has 7 nitrogen and oxygen atoms in total. The van der Waals surface area contributed by atoms with Gasteiger partial charge in [0.2, 0.25) is 6.86 Å². The maximum absolute atomic E-state index is 12.4. The van der Waals surface area contributed by atoms with E-state index in [0.717, 1.165) is 46.3 Å². The van der Waals surface area contributed by atoms with Crippen molar-refractivity contribution in [3.63, 3.8) is 0 Å². The molecule has 8 heteroatoms. The highest BCUT2D eigenvalue weighted by molar-refractivity contribution is 5.50. The topological polar surface area (TPSA) is 69.6 Å². The number of alkyl halides is 1. The summed E-state index contributed by atoms with van der Waals surface area (Å²) in [6, 6.07) is 3.51. The van der Waals surface area contributed by atoms with E-state index < -0.39 is 6.86 Å². The average Bonchev–Trinajstić information content (AvgIpc) is 3.19. The Morgan fingerprint density at radius 3 is 2.85 bits per heavy atom. The summed E-state index contributed by atoms with van der Waals surface area (Å²) in [4.78, 5) is 13.9. The average molecular weight is 366 g/mol. The van der Waals surface area contributed by atoms with E-state index in [-0.39, 0.29) is 5.92 Å². The normalized spacial score (nSPS) is 19.1. The number of hydrogen-bond acceptors (Lipinski definition) is 5. The van der Waals surface area contributed by atoms with Crippen molar-refractivity contribution in [3.8, 4) is 5.75 Å². The van der Waals surface area contributed by atoms with Crippen LogP contribution in [0.1, 0.15) is 46.9 Å². The van der Waals surface area contributed by atoms with E-state index in [1.807, 2.05) is 35.2 Å². The predicted octanol–water partition coefficient (Wildman–Crippen LogP) is 3.27. The van der Waals surface area contributed by atoms with Gasteiger partial charge in [0.25, 0.3) is 0 Å². The highest BCUT2D eigenvalue weighted by atomic mass is 19.1. The highest BCUT2D eigenvalue weighted by Gasteiger charge is 2.45. The van der Waals surface area contributed by atoms with Crippen molar-refractivity contribution in [3.05, 3.63) is 53.1 Å². The Bertz CT molecular complexity index is 1140. The Hall–Kier alpha value is -3.03. The first-order chi connectivity index (χ1) is 13.1. The van der Waals surface area contributed by atoms with E-state index in [1.165, 1.54) is 0 Å². The lowest BCUT2D eigenvalue weighted by Gasteiger charge is -2.01. The molecule has 0 bridgehead atoms. The molecule has 0 spiro atoms. The molecule has 4 aromatic heterocycles. The molecule has 0 amide bonds. The molecule has 4 aromatic rings. The number of pyridine rings is 1. The summed E-state index contributed by atoms with van der Waals surface area (Å²) in [5.74, 6) is 1.88. The van der Waals surface area contributed by atoms with Gasteiger partial charge < -0.3 is 9.14 Å². The number of fused-ring (bicyclic) bond motifs is 2. The fourth-order valence-electron chi connectivity index (χ4n) is 3.72. The van der Waals surface area contributed by atoms with Gasteiger partial charge in [-0.1, -0.05) is 0 Å². The second kappa shape index (κ2) is 5.73. The Labute approximate surface area is 154 Å². The van der Waals surface area contributed by atoms with Crippen molar-refractivity contribution >= 4 is 11.3 Å². The summed E-state index contributed by atoms with van der Waals surface area (Å²) in [6.45, 7) is 5.13. The maximum atomic E-state index is 12.4. The van der Waals surface area contributed by atoms with Crippen molar-refractivity contribution in [1.29, 1.82) is 0 Å². The fourth-order valence-corrected chi connectivity index (χ4v) is 3.72. The van der Waals surface area contributed by atoms with Crippen LogP contribution >= 0.6 is 0 Å². The molecule has 0 radical (unpaired) electrons. The molecule has 5 rings (SSSR count). The van der Waals surface area contributed by atoms with Crippen LogP contribution in [0.15, 0.2) is 24.5 Å². The molecule has 138 valence electrons. The van der Waals surface area contributed by atoms with Crippen LogP contribution in [0, 0.1) is 20.8 Å². The number of rotatable bonds is 4. The number of halogens is 1. The molecule has 2 atom stereocenters. The zero-order chi connectivity index (χ0) is 18.7. The first kappa shape index (κ1) is 16.2. The van der Waals surface area contributed by atoms with Gasteiger partial charge in [0.1, 0.15) is 11.4 Å². The molecule has 0 aromatic carbocycles. The second-order valence-corrected chi connectivity index (χ2v) is 7.07. The van der Waals surface area contributed by atoms with Gasteiger partial charge in [0, 0.05) is 36.0 Å². The van der Waals surface area contributed by atoms with Gasteiger partial charge in [-0.15, -0.1) is 0 Å². The summed E-state index contributed by atoms with van der Waals surface area (Å²) in [7, 11) is 0. The Morgan fingerprint density at radius 2 is 2.07 bits per heavy atom. The van der Waals surface area contributed by atoms with Crippen LogP contribution in [0.2, 0.25) is 0 Å². The van der Waals surface area contributed by atoms with E-state index in [9.17, 15) is 4.39 Å². The first-order valence-electron chi connectivity index (χ1n) is 8.93.